The first-order valence-electron chi connectivity index (χ1n) is 12.3. The second-order valence-corrected chi connectivity index (χ2v) is 11.3. The van der Waals surface area contributed by atoms with Crippen LogP contribution in [0, 0.1) is 0 Å². The maximum absolute atomic E-state index is 5.88. The Morgan fingerprint density at radius 1 is 0.914 bits per heavy atom. The van der Waals surface area contributed by atoms with E-state index in [9.17, 15) is 0 Å². The van der Waals surface area contributed by atoms with Gasteiger partial charge >= 0.3 is 0 Å². The van der Waals surface area contributed by atoms with Gasteiger partial charge in [-0.25, -0.2) is 9.57 Å². The van der Waals surface area contributed by atoms with Crippen LogP contribution in [0.25, 0.3) is 5.57 Å². The zero-order valence-corrected chi connectivity index (χ0v) is 22.2. The van der Waals surface area contributed by atoms with Gasteiger partial charge in [0.2, 0.25) is 5.90 Å². The second-order valence-electron chi connectivity index (χ2n) is 11.3. The van der Waals surface area contributed by atoms with E-state index in [-0.39, 0.29) is 11.0 Å². The fourth-order valence-electron chi connectivity index (χ4n) is 5.20. The molecule has 2 aliphatic carbocycles. The first kappa shape index (κ1) is 23.3. The summed E-state index contributed by atoms with van der Waals surface area (Å²) in [7, 11) is 8.42. The summed E-state index contributed by atoms with van der Waals surface area (Å²) in [6.07, 6.45) is 6.88. The number of hydrogen-bond acceptors (Lipinski definition) is 3. The van der Waals surface area contributed by atoms with Crippen molar-refractivity contribution in [2.75, 3.05) is 39.7 Å². The van der Waals surface area contributed by atoms with E-state index in [2.05, 4.69) is 126 Å². The molecule has 4 heteroatoms. The third-order valence-corrected chi connectivity index (χ3v) is 7.31. The molecule has 5 rings (SSSR count). The molecule has 0 aromatic heterocycles. The van der Waals surface area contributed by atoms with Gasteiger partial charge in [0.05, 0.1) is 5.54 Å². The number of nitrogens with zero attached hydrogens (tertiary/aromatic N) is 3. The minimum Gasteiger partial charge on any atom is -0.475 e. The van der Waals surface area contributed by atoms with Crippen LogP contribution in [0.4, 0.5) is 5.69 Å². The summed E-state index contributed by atoms with van der Waals surface area (Å²) in [6, 6.07) is 15.6. The molecule has 180 valence electrons. The first-order valence-corrected chi connectivity index (χ1v) is 12.3. The normalized spacial score (nSPS) is 19.5. The Hall–Kier alpha value is -3.40. The van der Waals surface area contributed by atoms with Gasteiger partial charge < -0.3 is 9.64 Å². The average molecular weight is 467 g/mol. The lowest BCUT2D eigenvalue weighted by Crippen LogP contribution is -2.30. The van der Waals surface area contributed by atoms with Gasteiger partial charge in [-0.2, -0.15) is 0 Å². The highest BCUT2D eigenvalue weighted by atomic mass is 16.5. The van der Waals surface area contributed by atoms with Gasteiger partial charge in [-0.1, -0.05) is 32.0 Å². The van der Waals surface area contributed by atoms with Crippen molar-refractivity contribution >= 4 is 22.9 Å². The number of ether oxygens (including phenoxy) is 1. The maximum atomic E-state index is 5.88. The van der Waals surface area contributed by atoms with Crippen molar-refractivity contribution in [2.24, 2.45) is 4.99 Å². The topological polar surface area (TPSA) is 27.8 Å². The number of hydrogen-bond donors (Lipinski definition) is 0. The Kier molecular flexibility index (Phi) is 5.39. The van der Waals surface area contributed by atoms with E-state index < -0.39 is 0 Å². The van der Waals surface area contributed by atoms with Gasteiger partial charge in [-0.3, -0.25) is 0 Å². The van der Waals surface area contributed by atoms with Crippen molar-refractivity contribution in [3.05, 3.63) is 94.1 Å². The summed E-state index contributed by atoms with van der Waals surface area (Å²) in [4.78, 5) is 6.94. The Labute approximate surface area is 209 Å². The number of anilines is 1. The van der Waals surface area contributed by atoms with Gasteiger partial charge in [-0.05, 0) is 77.6 Å². The van der Waals surface area contributed by atoms with Gasteiger partial charge in [0.25, 0.3) is 0 Å². The van der Waals surface area contributed by atoms with E-state index in [1.165, 1.54) is 44.8 Å². The van der Waals surface area contributed by atoms with Crippen molar-refractivity contribution in [1.82, 2.24) is 0 Å². The minimum atomic E-state index is -0.163. The van der Waals surface area contributed by atoms with E-state index in [1.54, 1.807) is 0 Å². The molecule has 0 radical (unpaired) electrons. The smallest absolute Gasteiger partial charge is 0.216 e. The highest BCUT2D eigenvalue weighted by molar-refractivity contribution is 6.07. The molecule has 0 bridgehead atoms. The van der Waals surface area contributed by atoms with Gasteiger partial charge in [-0.15, -0.1) is 0 Å². The van der Waals surface area contributed by atoms with E-state index in [1.807, 2.05) is 0 Å². The van der Waals surface area contributed by atoms with Gasteiger partial charge in [0.1, 0.15) is 20.7 Å². The molecule has 1 heterocycles. The maximum Gasteiger partial charge on any atom is 0.216 e. The lowest BCUT2D eigenvalue weighted by atomic mass is 9.64. The van der Waals surface area contributed by atoms with Crippen LogP contribution in [0.2, 0.25) is 0 Å². The van der Waals surface area contributed by atoms with Crippen molar-refractivity contribution < 1.29 is 9.31 Å². The van der Waals surface area contributed by atoms with Crippen molar-refractivity contribution in [3.8, 4) is 0 Å². The Bertz CT molecular complexity index is 1360. The fraction of sp³-hybridized carbons (Fsp3) is 0.355. The zero-order chi connectivity index (χ0) is 25.1. The summed E-state index contributed by atoms with van der Waals surface area (Å²) in [5, 5.41) is 0. The first-order chi connectivity index (χ1) is 16.5. The lowest BCUT2D eigenvalue weighted by Gasteiger charge is -2.39. The molecule has 3 aliphatic rings. The van der Waals surface area contributed by atoms with Crippen LogP contribution in [0.15, 0.2) is 76.8 Å². The van der Waals surface area contributed by atoms with E-state index in [0.29, 0.717) is 6.61 Å². The number of fused-ring (bicyclic) bond motifs is 2. The molecule has 0 atom stereocenters. The van der Waals surface area contributed by atoms with Crippen LogP contribution in [-0.2, 0) is 10.2 Å². The van der Waals surface area contributed by atoms with Gasteiger partial charge in [0.15, 0.2) is 5.71 Å². The van der Waals surface area contributed by atoms with Crippen LogP contribution in [0.1, 0.15) is 49.9 Å². The molecule has 0 saturated carbocycles. The highest BCUT2D eigenvalue weighted by Crippen LogP contribution is 2.50. The summed E-state index contributed by atoms with van der Waals surface area (Å²) in [5.74, 6) is 0.739. The van der Waals surface area contributed by atoms with Crippen molar-refractivity contribution in [2.45, 2.75) is 38.6 Å². The molecule has 35 heavy (non-hydrogen) atoms. The fourth-order valence-corrected chi connectivity index (χ4v) is 5.20. The number of allylic oxidation sites excluding steroid dienone is 5. The minimum absolute atomic E-state index is 0.121. The summed E-state index contributed by atoms with van der Waals surface area (Å²) >= 11 is 0. The standard InChI is InChI=1S/C31H36N3O/c1-30(2)19-35-29(32-30)21-11-9-20(10-12-21)28-24-15-13-22(33(5)6)17-26(24)31(3,4)27-18-23(34(7)8)14-16-25(27)28/h9-18H,19H2,1-8H3/q+1. The van der Waals surface area contributed by atoms with Crippen molar-refractivity contribution in [3.63, 3.8) is 0 Å². The molecule has 0 unspecified atom stereocenters. The summed E-state index contributed by atoms with van der Waals surface area (Å²) < 4.78 is 8.07. The number of rotatable bonds is 3. The second kappa shape index (κ2) is 8.08. The molecule has 0 N–H and O–H groups in total. The van der Waals surface area contributed by atoms with Crippen molar-refractivity contribution in [1.29, 1.82) is 0 Å². The zero-order valence-electron chi connectivity index (χ0n) is 22.2. The Balaban J connectivity index is 1.71. The molecular weight excluding hydrogens is 430 g/mol. The average Bonchev–Trinajstić information content (AvgIpc) is 3.18. The third-order valence-electron chi connectivity index (χ3n) is 7.31. The largest absolute Gasteiger partial charge is 0.475 e. The van der Waals surface area contributed by atoms with Crippen LogP contribution in [0.3, 0.4) is 0 Å². The van der Waals surface area contributed by atoms with E-state index in [4.69, 9.17) is 9.73 Å². The monoisotopic (exact) mass is 466 g/mol. The van der Waals surface area contributed by atoms with Crippen LogP contribution >= 0.6 is 0 Å². The molecule has 1 aliphatic heterocycles. The van der Waals surface area contributed by atoms with E-state index >= 15 is 0 Å². The van der Waals surface area contributed by atoms with E-state index in [0.717, 1.165) is 11.5 Å². The molecule has 2 aromatic carbocycles. The molecular formula is C31H36N3O+. The molecule has 0 amide bonds. The SMILES string of the molecule is CN(C)c1ccc2c(c1)C(C)(C)C1=CC(=[N+](C)C)C=CC1=C2c1ccc(C2=NC(C)(C)CO2)cc1. The van der Waals surface area contributed by atoms with Gasteiger partial charge in [0, 0.05) is 42.9 Å². The highest BCUT2D eigenvalue weighted by Gasteiger charge is 2.38. The predicted molar refractivity (Wildman–Crippen MR) is 147 cm³/mol. The van der Waals surface area contributed by atoms with Crippen LogP contribution in [-0.4, -0.2) is 56.5 Å². The lowest BCUT2D eigenvalue weighted by molar-refractivity contribution is -0.462. The quantitative estimate of drug-likeness (QED) is 0.550. The molecule has 0 spiro atoms. The molecule has 0 saturated heterocycles. The summed E-state index contributed by atoms with van der Waals surface area (Å²) in [5.41, 5.74) is 11.0. The van der Waals surface area contributed by atoms with Crippen LogP contribution in [0.5, 0.6) is 0 Å². The molecule has 4 nitrogen and oxygen atoms in total. The summed E-state index contributed by atoms with van der Waals surface area (Å²) in [6.45, 7) is 9.53. The third kappa shape index (κ3) is 3.95. The number of aliphatic imine (C=N–C) groups is 1. The molecule has 0 fully saturated rings. The Morgan fingerprint density at radius 3 is 2.20 bits per heavy atom. The Morgan fingerprint density at radius 2 is 1.60 bits per heavy atom. The molecule has 2 aromatic rings. The van der Waals surface area contributed by atoms with Crippen LogP contribution < -0.4 is 4.90 Å². The number of benzene rings is 2. The predicted octanol–water partition coefficient (Wildman–Crippen LogP) is 5.61.